The number of tetrazole rings is 1. The molecule has 2 amide bonds. The van der Waals surface area contributed by atoms with E-state index in [9.17, 15) is 39.3 Å². The number of nitrogen functional groups attached to an aromatic ring is 1. The molecule has 54 heavy (non-hydrogen) atoms. The molecule has 0 aliphatic carbocycles. The average molecular weight is 806 g/mol. The molecule has 0 bridgehead atoms. The summed E-state index contributed by atoms with van der Waals surface area (Å²) >= 11 is 8.53. The SMILES string of the molecule is Nc1nc(/C(=N/O[C@@H](CC(=O)O)C(=O)O)C(=O)C[C@@H]2C(=O)N3C(c4nn[nH]n4)=C(C[N+]4(CCNC(=O)c5ccc(O)c(O)c5Cl)CCCC4)CS[C@H]23)cs1. The van der Waals surface area contributed by atoms with Crippen molar-refractivity contribution in [2.75, 3.05) is 44.2 Å². The fourth-order valence-electron chi connectivity index (χ4n) is 6.69. The molecule has 20 nitrogen and oxygen atoms in total. The average Bonchev–Trinajstić information content (AvgIpc) is 3.92. The van der Waals surface area contributed by atoms with Crippen LogP contribution >= 0.6 is 34.7 Å². The third kappa shape index (κ3) is 7.95. The summed E-state index contributed by atoms with van der Waals surface area (Å²) in [6.45, 7) is 2.93. The lowest BCUT2D eigenvalue weighted by Gasteiger charge is -2.50. The number of carboxylic acids is 2. The molecule has 3 aliphatic rings. The minimum atomic E-state index is -1.89. The van der Waals surface area contributed by atoms with Crippen molar-refractivity contribution in [1.82, 2.24) is 35.8 Å². The Morgan fingerprint density at radius 3 is 2.61 bits per heavy atom. The number of aromatic amines is 1. The maximum absolute atomic E-state index is 13.9. The number of thioether (sulfide) groups is 1. The Labute approximate surface area is 318 Å². The number of carboxylic acid groups (broad SMARTS) is 2. The molecular formula is C31H34ClN10O10S2+. The summed E-state index contributed by atoms with van der Waals surface area (Å²) in [5.41, 5.74) is 6.71. The predicted octanol–water partition coefficient (Wildman–Crippen LogP) is 0.894. The van der Waals surface area contributed by atoms with Gasteiger partial charge in [-0.2, -0.15) is 5.21 Å². The Hall–Kier alpha value is -5.32. The Morgan fingerprint density at radius 2 is 1.96 bits per heavy atom. The van der Waals surface area contributed by atoms with Crippen molar-refractivity contribution >= 4 is 80.8 Å². The number of fused-ring (bicyclic) bond motifs is 1. The number of β-lactam (4-membered cyclic amide) rings is 1. The van der Waals surface area contributed by atoms with Crippen molar-refractivity contribution < 1.29 is 53.7 Å². The first-order chi connectivity index (χ1) is 25.8. The van der Waals surface area contributed by atoms with E-state index in [0.29, 0.717) is 29.0 Å². The number of aromatic hydroxyl groups is 2. The number of amides is 2. The highest BCUT2D eigenvalue weighted by Gasteiger charge is 2.54. The van der Waals surface area contributed by atoms with E-state index < -0.39 is 64.7 Å². The maximum Gasteiger partial charge on any atom is 0.348 e. The summed E-state index contributed by atoms with van der Waals surface area (Å²) in [5.74, 6) is -5.83. The van der Waals surface area contributed by atoms with Crippen molar-refractivity contribution in [3.8, 4) is 11.5 Å². The first-order valence-electron chi connectivity index (χ1n) is 16.5. The van der Waals surface area contributed by atoms with Crippen LogP contribution in [0.2, 0.25) is 5.02 Å². The number of rotatable bonds is 16. The summed E-state index contributed by atoms with van der Waals surface area (Å²) in [6, 6.07) is 2.50. The number of nitrogens with zero attached hydrogens (tertiary/aromatic N) is 7. The van der Waals surface area contributed by atoms with E-state index >= 15 is 0 Å². The van der Waals surface area contributed by atoms with Crippen molar-refractivity contribution in [3.63, 3.8) is 0 Å². The van der Waals surface area contributed by atoms with Gasteiger partial charge in [-0.1, -0.05) is 16.8 Å². The number of phenolic OH excluding ortho intramolecular Hbond substituents is 2. The number of thiazole rings is 1. The zero-order chi connectivity index (χ0) is 38.7. The molecule has 23 heteroatoms. The topological polar surface area (TPSA) is 297 Å². The fourth-order valence-corrected chi connectivity index (χ4v) is 8.89. The highest BCUT2D eigenvalue weighted by atomic mass is 35.5. The van der Waals surface area contributed by atoms with Crippen LogP contribution in [0.4, 0.5) is 5.13 Å². The summed E-state index contributed by atoms with van der Waals surface area (Å²) < 4.78 is 0.594. The number of phenols is 2. The van der Waals surface area contributed by atoms with E-state index in [2.05, 4.69) is 36.1 Å². The standard InChI is InChI=1S/C31H33ClN10O10S2/c32-22-15(3-4-18(43)25(22)47)27(48)34-5-8-42(6-1-2-7-42)11-14-12-53-29-16(28(49)41(29)24(14)26-36-39-40-37-26)9-19(44)23(17-13-54-31(33)35-17)38-52-20(30(50)51)10-21(45)46/h3-4,13,16,20,29H,1-2,5-12H2,(H7-,33,34,35,36,37,38,39,40,43,44,45,46,47,48,50,51)/p+1/t16-,20+,29-/m1/s1. The van der Waals surface area contributed by atoms with Crippen LogP contribution in [0.25, 0.3) is 5.70 Å². The Kier molecular flexibility index (Phi) is 11.4. The normalized spacial score (nSPS) is 19.9. The number of nitrogens with two attached hydrogens (primary N) is 1. The quantitative estimate of drug-likeness (QED) is 0.0348. The van der Waals surface area contributed by atoms with Gasteiger partial charge < -0.3 is 40.8 Å². The van der Waals surface area contributed by atoms with E-state index in [0.717, 1.165) is 42.8 Å². The number of Topliss-reactive ketones (excluding diaryl/α,β-unsaturated/α-hetero) is 1. The molecular weight excluding hydrogens is 772 g/mol. The number of benzene rings is 1. The summed E-state index contributed by atoms with van der Waals surface area (Å²) in [7, 11) is 0. The fraction of sp³-hybridized carbons (Fsp3) is 0.419. The van der Waals surface area contributed by atoms with Gasteiger partial charge in [-0.3, -0.25) is 24.1 Å². The van der Waals surface area contributed by atoms with E-state index in [1.54, 1.807) is 4.90 Å². The Bertz CT molecular complexity index is 2040. The summed E-state index contributed by atoms with van der Waals surface area (Å²) in [5, 5.41) is 59.9. The van der Waals surface area contributed by atoms with Crippen LogP contribution in [0.15, 0.2) is 28.2 Å². The number of hydrogen-bond donors (Lipinski definition) is 7. The van der Waals surface area contributed by atoms with E-state index in [1.807, 2.05) is 0 Å². The number of anilines is 1. The first kappa shape index (κ1) is 38.4. The second kappa shape index (κ2) is 16.0. The van der Waals surface area contributed by atoms with Crippen LogP contribution in [0.5, 0.6) is 11.5 Å². The van der Waals surface area contributed by atoms with E-state index in [-0.39, 0.29) is 46.1 Å². The lowest BCUT2D eigenvalue weighted by atomic mass is 9.89. The number of hydrogen-bond acceptors (Lipinski definition) is 16. The third-order valence-electron chi connectivity index (χ3n) is 9.31. The van der Waals surface area contributed by atoms with Gasteiger partial charge in [0.15, 0.2) is 28.1 Å². The lowest BCUT2D eigenvalue weighted by Crippen LogP contribution is -2.61. The van der Waals surface area contributed by atoms with Crippen molar-refractivity contribution in [2.45, 2.75) is 37.2 Å². The number of carbonyl (C=O) groups excluding carboxylic acids is 3. The largest absolute Gasteiger partial charge is 0.504 e. The molecule has 3 atom stereocenters. The second-order valence-electron chi connectivity index (χ2n) is 12.8. The van der Waals surface area contributed by atoms with Crippen LogP contribution in [0.3, 0.4) is 0 Å². The van der Waals surface area contributed by atoms with Crippen LogP contribution < -0.4 is 11.1 Å². The highest BCUT2D eigenvalue weighted by molar-refractivity contribution is 8.00. The number of oxime groups is 1. The highest BCUT2D eigenvalue weighted by Crippen LogP contribution is 2.48. The molecule has 1 aromatic carbocycles. The smallest absolute Gasteiger partial charge is 0.348 e. The minimum Gasteiger partial charge on any atom is -0.504 e. The van der Waals surface area contributed by atoms with Crippen molar-refractivity contribution in [1.29, 1.82) is 0 Å². The summed E-state index contributed by atoms with van der Waals surface area (Å²) in [6.07, 6.45) is -1.26. The van der Waals surface area contributed by atoms with Gasteiger partial charge in [-0.05, 0) is 17.3 Å². The molecule has 3 aromatic rings. The molecule has 6 rings (SSSR count). The summed E-state index contributed by atoms with van der Waals surface area (Å²) in [4.78, 5) is 73.8. The predicted molar refractivity (Wildman–Crippen MR) is 191 cm³/mol. The van der Waals surface area contributed by atoms with Gasteiger partial charge in [0.05, 0.1) is 60.2 Å². The number of carbonyl (C=O) groups is 5. The van der Waals surface area contributed by atoms with Crippen molar-refractivity contribution in [2.24, 2.45) is 11.1 Å². The number of halogens is 1. The van der Waals surface area contributed by atoms with Crippen molar-refractivity contribution in [3.05, 3.63) is 45.2 Å². The van der Waals surface area contributed by atoms with Crippen LogP contribution in [0, 0.1) is 5.92 Å². The molecule has 8 N–H and O–H groups in total. The number of aromatic nitrogens is 5. The molecule has 286 valence electrons. The number of likely N-dealkylation sites (tertiary alicyclic amines) is 1. The van der Waals surface area contributed by atoms with Gasteiger partial charge in [0, 0.05) is 36.0 Å². The maximum atomic E-state index is 13.9. The second-order valence-corrected chi connectivity index (χ2v) is 15.2. The molecule has 3 aliphatic heterocycles. The Morgan fingerprint density at radius 1 is 1.20 bits per heavy atom. The molecule has 2 saturated heterocycles. The van der Waals surface area contributed by atoms with Gasteiger partial charge in [-0.25, -0.2) is 9.78 Å². The Balaban J connectivity index is 1.19. The lowest BCUT2D eigenvalue weighted by molar-refractivity contribution is -0.911. The van der Waals surface area contributed by atoms with E-state index in [4.69, 9.17) is 27.3 Å². The van der Waals surface area contributed by atoms with Gasteiger partial charge in [0.25, 0.3) is 5.91 Å². The number of quaternary nitrogens is 1. The number of H-pyrrole nitrogens is 1. The minimum absolute atomic E-state index is 0.0170. The molecule has 2 aromatic heterocycles. The van der Waals surface area contributed by atoms with Crippen LogP contribution in [-0.2, 0) is 24.0 Å². The molecule has 0 radical (unpaired) electrons. The van der Waals surface area contributed by atoms with E-state index in [1.165, 1.54) is 29.3 Å². The molecule has 0 spiro atoms. The molecule has 0 unspecified atom stereocenters. The molecule has 0 saturated carbocycles. The zero-order valence-electron chi connectivity index (χ0n) is 28.2. The van der Waals surface area contributed by atoms with Crippen LogP contribution in [-0.4, -0.2) is 141 Å². The first-order valence-corrected chi connectivity index (χ1v) is 18.8. The number of nitrogens with one attached hydrogen (secondary N) is 2. The number of ketones is 1. The van der Waals surface area contributed by atoms with Crippen LogP contribution in [0.1, 0.15) is 47.6 Å². The van der Waals surface area contributed by atoms with Gasteiger partial charge >= 0.3 is 11.9 Å². The monoisotopic (exact) mass is 805 g/mol. The third-order valence-corrected chi connectivity index (χ3v) is 11.8. The zero-order valence-corrected chi connectivity index (χ0v) is 30.6. The van der Waals surface area contributed by atoms with Gasteiger partial charge in [0.2, 0.25) is 17.8 Å². The molecule has 5 heterocycles. The van der Waals surface area contributed by atoms with Gasteiger partial charge in [-0.15, -0.1) is 33.3 Å². The van der Waals surface area contributed by atoms with Gasteiger partial charge in [0.1, 0.15) is 12.2 Å². The number of aliphatic carboxylic acids is 2. The molecule has 2 fully saturated rings.